The van der Waals surface area contributed by atoms with Gasteiger partial charge in [0.1, 0.15) is 5.65 Å². The van der Waals surface area contributed by atoms with Gasteiger partial charge in [-0.05, 0) is 37.1 Å². The van der Waals surface area contributed by atoms with Gasteiger partial charge in [-0.3, -0.25) is 4.79 Å². The summed E-state index contributed by atoms with van der Waals surface area (Å²) in [5.41, 5.74) is 5.30. The molecule has 0 aliphatic heterocycles. The molecule has 0 N–H and O–H groups in total. The highest BCUT2D eigenvalue weighted by atomic mass is 16.1. The van der Waals surface area contributed by atoms with Crippen LogP contribution in [0.2, 0.25) is 0 Å². The molecule has 0 bridgehead atoms. The third kappa shape index (κ3) is 2.11. The summed E-state index contributed by atoms with van der Waals surface area (Å²) < 4.78 is 2.04. The van der Waals surface area contributed by atoms with E-state index in [1.165, 1.54) is 16.7 Å². The highest BCUT2D eigenvalue weighted by molar-refractivity contribution is 5.95. The lowest BCUT2D eigenvalue weighted by Gasteiger charge is -2.09. The number of carbonyl (C=O) groups is 1. The number of aryl methyl sites for hydroxylation is 2. The molecule has 0 aliphatic carbocycles. The van der Waals surface area contributed by atoms with E-state index in [2.05, 4.69) is 37.0 Å². The molecule has 1 aromatic carbocycles. The largest absolute Gasteiger partial charge is 0.327 e. The molecular formula is C17H16N2O. The Labute approximate surface area is 117 Å². The van der Waals surface area contributed by atoms with Crippen LogP contribution in [0.5, 0.6) is 0 Å². The molecule has 0 atom stereocenters. The molecule has 0 spiro atoms. The summed E-state index contributed by atoms with van der Waals surface area (Å²) >= 11 is 0. The summed E-state index contributed by atoms with van der Waals surface area (Å²) in [4.78, 5) is 15.6. The number of carbonyl (C=O) groups excluding carboxylic acids is 1. The van der Waals surface area contributed by atoms with E-state index < -0.39 is 0 Å². The Hall–Kier alpha value is -2.42. The number of aldehydes is 1. The van der Waals surface area contributed by atoms with Gasteiger partial charge in [0.2, 0.25) is 0 Å². The third-order valence-electron chi connectivity index (χ3n) is 3.64. The van der Waals surface area contributed by atoms with Crippen LogP contribution in [0.15, 0.2) is 42.7 Å². The molecule has 0 unspecified atom stereocenters. The molecule has 3 rings (SSSR count). The van der Waals surface area contributed by atoms with Gasteiger partial charge in [0.25, 0.3) is 0 Å². The van der Waals surface area contributed by atoms with E-state index in [1.54, 1.807) is 6.20 Å². The van der Waals surface area contributed by atoms with Crippen LogP contribution in [0.3, 0.4) is 0 Å². The minimum absolute atomic E-state index is 0.693. The average molecular weight is 264 g/mol. The fraction of sp³-hybridized carbons (Fsp3) is 0.176. The second-order valence-electron chi connectivity index (χ2n) is 5.13. The molecule has 3 heteroatoms. The maximum Gasteiger partial charge on any atom is 0.152 e. The number of pyridine rings is 1. The molecule has 0 aliphatic rings. The van der Waals surface area contributed by atoms with E-state index >= 15 is 0 Å². The van der Waals surface area contributed by atoms with Crippen LogP contribution < -0.4 is 0 Å². The van der Waals surface area contributed by atoms with E-state index in [9.17, 15) is 4.79 Å². The van der Waals surface area contributed by atoms with Crippen molar-refractivity contribution >= 4 is 17.3 Å². The topological polar surface area (TPSA) is 34.9 Å². The smallest absolute Gasteiger partial charge is 0.152 e. The van der Waals surface area contributed by atoms with Crippen LogP contribution in [0.1, 0.15) is 27.0 Å². The zero-order valence-corrected chi connectivity index (χ0v) is 11.6. The normalized spacial score (nSPS) is 10.9. The van der Waals surface area contributed by atoms with Crippen LogP contribution in [0.4, 0.5) is 0 Å². The summed E-state index contributed by atoms with van der Waals surface area (Å²) in [6.07, 6.45) is 4.53. The van der Waals surface area contributed by atoms with Gasteiger partial charge in [0, 0.05) is 29.9 Å². The Balaban J connectivity index is 2.11. The van der Waals surface area contributed by atoms with Crippen LogP contribution in [0.25, 0.3) is 11.0 Å². The molecule has 0 fully saturated rings. The van der Waals surface area contributed by atoms with Gasteiger partial charge in [-0.25, -0.2) is 4.98 Å². The zero-order valence-electron chi connectivity index (χ0n) is 11.6. The van der Waals surface area contributed by atoms with E-state index in [0.29, 0.717) is 5.56 Å². The molecule has 100 valence electrons. The molecule has 3 nitrogen and oxygen atoms in total. The summed E-state index contributed by atoms with van der Waals surface area (Å²) in [5.74, 6) is 0. The van der Waals surface area contributed by atoms with Gasteiger partial charge in [-0.15, -0.1) is 0 Å². The van der Waals surface area contributed by atoms with Crippen molar-refractivity contribution in [2.45, 2.75) is 20.4 Å². The van der Waals surface area contributed by atoms with Crippen molar-refractivity contribution in [3.63, 3.8) is 0 Å². The fourth-order valence-electron chi connectivity index (χ4n) is 2.52. The molecular weight excluding hydrogens is 248 g/mol. The molecule has 0 saturated carbocycles. The Morgan fingerprint density at radius 3 is 2.90 bits per heavy atom. The van der Waals surface area contributed by atoms with E-state index in [0.717, 1.165) is 23.9 Å². The standard InChI is InChI=1S/C17H16N2O/c1-12-5-6-13(2)14(8-12)9-19-10-15(11-20)16-4-3-7-18-17(16)19/h3-8,10-11H,9H2,1-2H3. The molecule has 0 saturated heterocycles. The van der Waals surface area contributed by atoms with E-state index in [-0.39, 0.29) is 0 Å². The van der Waals surface area contributed by atoms with Crippen LogP contribution in [-0.4, -0.2) is 15.8 Å². The predicted molar refractivity (Wildman–Crippen MR) is 80.1 cm³/mol. The maximum atomic E-state index is 11.2. The lowest BCUT2D eigenvalue weighted by molar-refractivity contribution is 0.112. The van der Waals surface area contributed by atoms with Gasteiger partial charge in [0.15, 0.2) is 6.29 Å². The maximum absolute atomic E-state index is 11.2. The van der Waals surface area contributed by atoms with Crippen molar-refractivity contribution in [1.82, 2.24) is 9.55 Å². The van der Waals surface area contributed by atoms with E-state index in [1.807, 2.05) is 22.9 Å². The lowest BCUT2D eigenvalue weighted by atomic mass is 10.1. The summed E-state index contributed by atoms with van der Waals surface area (Å²) in [5, 5.41) is 0.910. The highest BCUT2D eigenvalue weighted by Crippen LogP contribution is 2.20. The van der Waals surface area contributed by atoms with Crippen LogP contribution in [0, 0.1) is 13.8 Å². The Morgan fingerprint density at radius 1 is 1.25 bits per heavy atom. The van der Waals surface area contributed by atoms with Gasteiger partial charge >= 0.3 is 0 Å². The number of hydrogen-bond acceptors (Lipinski definition) is 2. The predicted octanol–water partition coefficient (Wildman–Crippen LogP) is 3.51. The monoisotopic (exact) mass is 264 g/mol. The second-order valence-corrected chi connectivity index (χ2v) is 5.13. The highest BCUT2D eigenvalue weighted by Gasteiger charge is 2.09. The molecule has 0 amide bonds. The van der Waals surface area contributed by atoms with Crippen molar-refractivity contribution in [3.8, 4) is 0 Å². The summed E-state index contributed by atoms with van der Waals surface area (Å²) in [6.45, 7) is 4.93. The van der Waals surface area contributed by atoms with Crippen molar-refractivity contribution in [2.75, 3.05) is 0 Å². The second kappa shape index (κ2) is 4.93. The van der Waals surface area contributed by atoms with Crippen molar-refractivity contribution < 1.29 is 4.79 Å². The van der Waals surface area contributed by atoms with Crippen molar-refractivity contribution in [3.05, 3.63) is 65.0 Å². The summed E-state index contributed by atoms with van der Waals surface area (Å²) in [6, 6.07) is 10.2. The molecule has 20 heavy (non-hydrogen) atoms. The number of hydrogen-bond donors (Lipinski definition) is 0. The van der Waals surface area contributed by atoms with Gasteiger partial charge in [-0.1, -0.05) is 23.8 Å². The fourth-order valence-corrected chi connectivity index (χ4v) is 2.52. The Kier molecular flexibility index (Phi) is 3.11. The van der Waals surface area contributed by atoms with E-state index in [4.69, 9.17) is 0 Å². The first-order chi connectivity index (χ1) is 9.69. The summed E-state index contributed by atoms with van der Waals surface area (Å²) in [7, 11) is 0. The van der Waals surface area contributed by atoms with Crippen LogP contribution >= 0.6 is 0 Å². The quantitative estimate of drug-likeness (QED) is 0.678. The zero-order chi connectivity index (χ0) is 14.1. The lowest BCUT2D eigenvalue weighted by Crippen LogP contribution is -2.01. The molecule has 2 aromatic heterocycles. The van der Waals surface area contributed by atoms with Gasteiger partial charge in [-0.2, -0.15) is 0 Å². The molecule has 0 radical (unpaired) electrons. The number of fused-ring (bicyclic) bond motifs is 1. The van der Waals surface area contributed by atoms with Crippen molar-refractivity contribution in [2.24, 2.45) is 0 Å². The Morgan fingerprint density at radius 2 is 2.10 bits per heavy atom. The number of rotatable bonds is 3. The van der Waals surface area contributed by atoms with Crippen LogP contribution in [-0.2, 0) is 6.54 Å². The molecule has 2 heterocycles. The average Bonchev–Trinajstić information content (AvgIpc) is 2.81. The minimum Gasteiger partial charge on any atom is -0.327 e. The first kappa shape index (κ1) is 12.6. The van der Waals surface area contributed by atoms with Gasteiger partial charge < -0.3 is 4.57 Å². The number of aromatic nitrogens is 2. The Bertz CT molecular complexity index is 787. The molecule has 3 aromatic rings. The SMILES string of the molecule is Cc1ccc(C)c(Cn2cc(C=O)c3cccnc32)c1. The number of benzene rings is 1. The first-order valence-corrected chi connectivity index (χ1v) is 6.64. The van der Waals surface area contributed by atoms with Crippen molar-refractivity contribution in [1.29, 1.82) is 0 Å². The van der Waals surface area contributed by atoms with Gasteiger partial charge in [0.05, 0.1) is 0 Å². The third-order valence-corrected chi connectivity index (χ3v) is 3.64. The minimum atomic E-state index is 0.693. The number of nitrogens with zero attached hydrogens (tertiary/aromatic N) is 2. The first-order valence-electron chi connectivity index (χ1n) is 6.64.